The maximum atomic E-state index is 6.90. The first-order valence-electron chi connectivity index (χ1n) is 11.3. The van der Waals surface area contributed by atoms with Crippen molar-refractivity contribution >= 4 is 33.6 Å². The van der Waals surface area contributed by atoms with Crippen molar-refractivity contribution in [2.45, 2.75) is 18.4 Å². The van der Waals surface area contributed by atoms with E-state index in [1.165, 1.54) is 5.69 Å². The molecule has 0 bridgehead atoms. The number of hydrogen-bond donors (Lipinski definition) is 3. The third-order valence-electron chi connectivity index (χ3n) is 7.09. The first kappa shape index (κ1) is 19.5. The van der Waals surface area contributed by atoms with Gasteiger partial charge in [-0.05, 0) is 44.2 Å². The summed E-state index contributed by atoms with van der Waals surface area (Å²) in [7, 11) is 2.18. The summed E-state index contributed by atoms with van der Waals surface area (Å²) in [5.41, 5.74) is 10.6. The summed E-state index contributed by atoms with van der Waals surface area (Å²) < 4.78 is 0. The number of benzene rings is 1. The number of hydrogen-bond acceptors (Lipinski definition) is 7. The molecule has 32 heavy (non-hydrogen) atoms. The van der Waals surface area contributed by atoms with E-state index in [0.717, 1.165) is 85.8 Å². The van der Waals surface area contributed by atoms with E-state index >= 15 is 0 Å². The fraction of sp³-hybridized carbons (Fsp3) is 0.435. The van der Waals surface area contributed by atoms with Crippen LogP contribution in [0.25, 0.3) is 22.1 Å². The largest absolute Gasteiger partial charge is 0.369 e. The van der Waals surface area contributed by atoms with Crippen molar-refractivity contribution in [3.8, 4) is 0 Å². The van der Waals surface area contributed by atoms with Crippen molar-refractivity contribution in [1.29, 1.82) is 0 Å². The van der Waals surface area contributed by atoms with Gasteiger partial charge in [-0.3, -0.25) is 0 Å². The van der Waals surface area contributed by atoms with Gasteiger partial charge in [0.2, 0.25) is 0 Å². The predicted molar refractivity (Wildman–Crippen MR) is 127 cm³/mol. The van der Waals surface area contributed by atoms with Crippen LogP contribution in [0.15, 0.2) is 36.8 Å². The molecule has 2 fully saturated rings. The van der Waals surface area contributed by atoms with Crippen LogP contribution < -0.4 is 15.5 Å². The Morgan fingerprint density at radius 2 is 1.78 bits per heavy atom. The molecule has 6 rings (SSSR count). The van der Waals surface area contributed by atoms with Gasteiger partial charge in [0.1, 0.15) is 23.6 Å². The molecule has 5 heterocycles. The van der Waals surface area contributed by atoms with Gasteiger partial charge in [0.25, 0.3) is 0 Å². The van der Waals surface area contributed by atoms with E-state index < -0.39 is 5.54 Å². The molecular weight excluding hydrogens is 402 g/mol. The SMILES string of the molecule is CN1CCN(c2ccc3[nH]c(C4(N)CCN(c5ncnc6[nH]ccc56)CC4)nc3c2)CC1. The molecule has 2 aliphatic rings. The highest BCUT2D eigenvalue weighted by Crippen LogP contribution is 2.34. The van der Waals surface area contributed by atoms with Crippen molar-refractivity contribution in [1.82, 2.24) is 29.8 Å². The van der Waals surface area contributed by atoms with E-state index in [9.17, 15) is 0 Å². The molecule has 4 aromatic rings. The van der Waals surface area contributed by atoms with E-state index in [2.05, 4.69) is 59.9 Å². The second-order valence-electron chi connectivity index (χ2n) is 9.16. The molecule has 0 aliphatic carbocycles. The first-order valence-corrected chi connectivity index (χ1v) is 11.3. The predicted octanol–water partition coefficient (Wildman–Crippen LogP) is 2.04. The van der Waals surface area contributed by atoms with Crippen molar-refractivity contribution in [3.05, 3.63) is 42.6 Å². The van der Waals surface area contributed by atoms with Crippen LogP contribution in [-0.2, 0) is 5.54 Å². The average molecular weight is 432 g/mol. The zero-order valence-electron chi connectivity index (χ0n) is 18.4. The van der Waals surface area contributed by atoms with Crippen molar-refractivity contribution in [2.75, 3.05) is 56.1 Å². The van der Waals surface area contributed by atoms with Gasteiger partial charge in [-0.1, -0.05) is 0 Å². The number of aromatic amines is 2. The highest BCUT2D eigenvalue weighted by molar-refractivity contribution is 5.87. The van der Waals surface area contributed by atoms with Crippen molar-refractivity contribution in [3.63, 3.8) is 0 Å². The molecular formula is C23H29N9. The minimum atomic E-state index is -0.464. The molecule has 0 unspecified atom stereocenters. The van der Waals surface area contributed by atoms with Gasteiger partial charge in [0.05, 0.1) is 22.0 Å². The summed E-state index contributed by atoms with van der Waals surface area (Å²) in [5.74, 6) is 1.86. The number of imidazole rings is 1. The number of rotatable bonds is 3. The van der Waals surface area contributed by atoms with Gasteiger partial charge >= 0.3 is 0 Å². The van der Waals surface area contributed by atoms with E-state index in [4.69, 9.17) is 10.7 Å². The molecule has 3 aromatic heterocycles. The molecule has 1 aromatic carbocycles. The standard InChI is InChI=1S/C23H29N9/c1-30-10-12-31(13-11-30)16-2-3-18-19(14-16)29-22(28-18)23(24)5-8-32(9-6-23)21-17-4-7-25-20(17)26-15-27-21/h2-4,7,14-15H,5-6,8-13,24H2,1H3,(H,28,29)(H,25,26,27). The number of piperazine rings is 1. The zero-order valence-corrected chi connectivity index (χ0v) is 18.4. The van der Waals surface area contributed by atoms with Crippen molar-refractivity contribution in [2.24, 2.45) is 5.73 Å². The number of piperidine rings is 1. The van der Waals surface area contributed by atoms with E-state index in [1.54, 1.807) is 6.33 Å². The molecule has 9 nitrogen and oxygen atoms in total. The van der Waals surface area contributed by atoms with Crippen LogP contribution in [0.4, 0.5) is 11.5 Å². The van der Waals surface area contributed by atoms with Gasteiger partial charge in [-0.25, -0.2) is 15.0 Å². The highest BCUT2D eigenvalue weighted by atomic mass is 15.2. The second-order valence-corrected chi connectivity index (χ2v) is 9.16. The van der Waals surface area contributed by atoms with Gasteiger partial charge in [-0.2, -0.15) is 0 Å². The Bertz CT molecular complexity index is 1240. The molecule has 0 spiro atoms. The quantitative estimate of drug-likeness (QED) is 0.456. The summed E-state index contributed by atoms with van der Waals surface area (Å²) in [5, 5.41) is 1.05. The zero-order chi connectivity index (χ0) is 21.7. The normalized spacial score (nSPS) is 19.8. The number of nitrogens with zero attached hydrogens (tertiary/aromatic N) is 6. The minimum Gasteiger partial charge on any atom is -0.369 e. The molecule has 0 atom stereocenters. The summed E-state index contributed by atoms with van der Waals surface area (Å²) in [4.78, 5) is 27.6. The molecule has 0 amide bonds. The van der Waals surface area contributed by atoms with E-state index in [-0.39, 0.29) is 0 Å². The number of aromatic nitrogens is 5. The average Bonchev–Trinajstić information content (AvgIpc) is 3.47. The fourth-order valence-corrected chi connectivity index (χ4v) is 4.96. The molecule has 166 valence electrons. The first-order chi connectivity index (χ1) is 15.6. The topological polar surface area (TPSA) is 106 Å². The second kappa shape index (κ2) is 7.46. The Hall–Kier alpha value is -3.17. The number of H-pyrrole nitrogens is 2. The Kier molecular flexibility index (Phi) is 4.55. The van der Waals surface area contributed by atoms with Crippen LogP contribution in [0.2, 0.25) is 0 Å². The lowest BCUT2D eigenvalue weighted by atomic mass is 9.88. The third-order valence-corrected chi connectivity index (χ3v) is 7.09. The van der Waals surface area contributed by atoms with Crippen molar-refractivity contribution < 1.29 is 0 Å². The summed E-state index contributed by atoms with van der Waals surface area (Å²) in [6.45, 7) is 5.94. The van der Waals surface area contributed by atoms with Gasteiger partial charge in [0, 0.05) is 51.2 Å². The van der Waals surface area contributed by atoms with Crippen LogP contribution in [0.5, 0.6) is 0 Å². The monoisotopic (exact) mass is 431 g/mol. The maximum Gasteiger partial charge on any atom is 0.142 e. The van der Waals surface area contributed by atoms with Gasteiger partial charge in [-0.15, -0.1) is 0 Å². The highest BCUT2D eigenvalue weighted by Gasteiger charge is 2.36. The molecule has 0 saturated carbocycles. The number of nitrogens with two attached hydrogens (primary N) is 1. The van der Waals surface area contributed by atoms with E-state index in [1.807, 2.05) is 12.3 Å². The Balaban J connectivity index is 1.22. The third kappa shape index (κ3) is 3.28. The lowest BCUT2D eigenvalue weighted by molar-refractivity contribution is 0.313. The van der Waals surface area contributed by atoms with Crippen LogP contribution >= 0.6 is 0 Å². The van der Waals surface area contributed by atoms with Crippen LogP contribution in [-0.4, -0.2) is 76.1 Å². The summed E-state index contributed by atoms with van der Waals surface area (Å²) >= 11 is 0. The lowest BCUT2D eigenvalue weighted by Gasteiger charge is -2.38. The van der Waals surface area contributed by atoms with Crippen LogP contribution in [0, 0.1) is 0 Å². The fourth-order valence-electron chi connectivity index (χ4n) is 4.96. The maximum absolute atomic E-state index is 6.90. The van der Waals surface area contributed by atoms with Gasteiger partial charge < -0.3 is 30.4 Å². The minimum absolute atomic E-state index is 0.464. The Labute approximate surface area is 186 Å². The summed E-state index contributed by atoms with van der Waals surface area (Å²) in [6, 6.07) is 8.56. The van der Waals surface area contributed by atoms with E-state index in [0.29, 0.717) is 0 Å². The number of nitrogens with one attached hydrogen (secondary N) is 2. The number of anilines is 2. The molecule has 2 saturated heterocycles. The number of fused-ring (bicyclic) bond motifs is 2. The lowest BCUT2D eigenvalue weighted by Crippen LogP contribution is -2.49. The molecule has 0 radical (unpaired) electrons. The molecule has 2 aliphatic heterocycles. The smallest absolute Gasteiger partial charge is 0.142 e. The van der Waals surface area contributed by atoms with Crippen LogP contribution in [0.3, 0.4) is 0 Å². The molecule has 9 heteroatoms. The number of likely N-dealkylation sites (N-methyl/N-ethyl adjacent to an activating group) is 1. The Morgan fingerprint density at radius 3 is 2.59 bits per heavy atom. The van der Waals surface area contributed by atoms with Crippen LogP contribution in [0.1, 0.15) is 18.7 Å². The Morgan fingerprint density at radius 1 is 0.969 bits per heavy atom. The molecule has 4 N–H and O–H groups in total. The summed E-state index contributed by atoms with van der Waals surface area (Å²) in [6.07, 6.45) is 5.16. The van der Waals surface area contributed by atoms with Gasteiger partial charge in [0.15, 0.2) is 0 Å².